The van der Waals surface area contributed by atoms with Crippen molar-refractivity contribution in [2.24, 2.45) is 5.92 Å². The van der Waals surface area contributed by atoms with E-state index in [-0.39, 0.29) is 0 Å². The maximum absolute atomic E-state index is 2.27. The highest BCUT2D eigenvalue weighted by Crippen LogP contribution is 2.17. The van der Waals surface area contributed by atoms with Crippen molar-refractivity contribution < 1.29 is 0 Å². The van der Waals surface area contributed by atoms with Gasteiger partial charge >= 0.3 is 0 Å². The van der Waals surface area contributed by atoms with Crippen LogP contribution in [0.3, 0.4) is 0 Å². The third-order valence-corrected chi connectivity index (χ3v) is 2.62. The van der Waals surface area contributed by atoms with Crippen LogP contribution in [0.15, 0.2) is 47.6 Å². The highest BCUT2D eigenvalue weighted by Gasteiger charge is 2.02. The fourth-order valence-corrected chi connectivity index (χ4v) is 1.21. The Hall–Kier alpha value is -1.04. The second kappa shape index (κ2) is 8.28. The molecule has 0 nitrogen and oxygen atoms in total. The van der Waals surface area contributed by atoms with Crippen LogP contribution in [0, 0.1) is 5.92 Å². The van der Waals surface area contributed by atoms with Gasteiger partial charge in [0.2, 0.25) is 0 Å². The van der Waals surface area contributed by atoms with Crippen LogP contribution in [-0.4, -0.2) is 0 Å². The quantitative estimate of drug-likeness (QED) is 0.549. The number of hydrogen-bond acceptors (Lipinski definition) is 0. The molecule has 0 bridgehead atoms. The molecule has 0 amide bonds. The highest BCUT2D eigenvalue weighted by atomic mass is 14.1. The van der Waals surface area contributed by atoms with Crippen molar-refractivity contribution in [1.29, 1.82) is 0 Å². The predicted molar refractivity (Wildman–Crippen MR) is 70.9 cm³/mol. The van der Waals surface area contributed by atoms with Crippen LogP contribution in [0.5, 0.6) is 0 Å². The Morgan fingerprint density at radius 3 is 2.33 bits per heavy atom. The van der Waals surface area contributed by atoms with E-state index in [9.17, 15) is 0 Å². The summed E-state index contributed by atoms with van der Waals surface area (Å²) in [5, 5.41) is 0. The summed E-state index contributed by atoms with van der Waals surface area (Å²) in [5.74, 6) is 0.626. The Morgan fingerprint density at radius 2 is 1.87 bits per heavy atom. The van der Waals surface area contributed by atoms with Gasteiger partial charge in [-0.25, -0.2) is 0 Å². The van der Waals surface area contributed by atoms with Gasteiger partial charge in [0.1, 0.15) is 0 Å². The largest absolute Gasteiger partial charge is 0.0877 e. The summed E-state index contributed by atoms with van der Waals surface area (Å²) in [7, 11) is 0. The lowest BCUT2D eigenvalue weighted by molar-refractivity contribution is 0.670. The monoisotopic (exact) mass is 204 g/mol. The normalized spacial score (nSPS) is 16.6. The number of hydrogen-bond donors (Lipinski definition) is 0. The summed E-state index contributed by atoms with van der Waals surface area (Å²) < 4.78 is 0. The zero-order valence-electron chi connectivity index (χ0n) is 10.7. The molecule has 84 valence electrons. The molecule has 0 aromatic rings. The van der Waals surface area contributed by atoms with E-state index in [0.717, 1.165) is 0 Å². The Morgan fingerprint density at radius 1 is 1.20 bits per heavy atom. The molecular formula is C15H24. The standard InChI is InChI=1S/C15H24/c1-6-9-10-11-15(14(5)8-3)12-13(4)7-2/h6-7,9-12,14H,8H2,1-5H3/b9-6-,11-10-,13-7?,15-12-. The minimum absolute atomic E-state index is 0.626. The molecule has 0 aliphatic carbocycles. The first kappa shape index (κ1) is 14.0. The van der Waals surface area contributed by atoms with E-state index in [1.54, 1.807) is 0 Å². The van der Waals surface area contributed by atoms with Gasteiger partial charge in [0.15, 0.2) is 0 Å². The maximum Gasteiger partial charge on any atom is -0.0193 e. The van der Waals surface area contributed by atoms with Gasteiger partial charge in [0.25, 0.3) is 0 Å². The predicted octanol–water partition coefficient (Wildman–Crippen LogP) is 5.06. The first-order valence-corrected chi connectivity index (χ1v) is 5.79. The SMILES string of the molecule is CC=C(C)/C=C(/C=C\C=C/C)C(C)CC. The topological polar surface area (TPSA) is 0 Å². The van der Waals surface area contributed by atoms with Crippen LogP contribution in [0.25, 0.3) is 0 Å². The van der Waals surface area contributed by atoms with Crippen LogP contribution < -0.4 is 0 Å². The zero-order valence-corrected chi connectivity index (χ0v) is 10.7. The van der Waals surface area contributed by atoms with Gasteiger partial charge in [-0.15, -0.1) is 0 Å². The molecular weight excluding hydrogens is 180 g/mol. The molecule has 0 aromatic heterocycles. The van der Waals surface area contributed by atoms with Gasteiger partial charge in [0.05, 0.1) is 0 Å². The van der Waals surface area contributed by atoms with Gasteiger partial charge in [-0.3, -0.25) is 0 Å². The van der Waals surface area contributed by atoms with Crippen LogP contribution in [0.2, 0.25) is 0 Å². The summed E-state index contributed by atoms with van der Waals surface area (Å²) in [6, 6.07) is 0. The minimum atomic E-state index is 0.626. The van der Waals surface area contributed by atoms with Crippen molar-refractivity contribution in [2.45, 2.75) is 41.0 Å². The average molecular weight is 204 g/mol. The van der Waals surface area contributed by atoms with E-state index < -0.39 is 0 Å². The minimum Gasteiger partial charge on any atom is -0.0877 e. The van der Waals surface area contributed by atoms with Gasteiger partial charge in [-0.2, -0.15) is 0 Å². The number of rotatable bonds is 5. The molecule has 1 unspecified atom stereocenters. The van der Waals surface area contributed by atoms with Crippen molar-refractivity contribution in [3.63, 3.8) is 0 Å². The second-order valence-electron chi connectivity index (χ2n) is 3.87. The lowest BCUT2D eigenvalue weighted by Gasteiger charge is -2.10. The van der Waals surface area contributed by atoms with Gasteiger partial charge in [-0.1, -0.05) is 55.9 Å². The lowest BCUT2D eigenvalue weighted by atomic mass is 9.96. The van der Waals surface area contributed by atoms with Gasteiger partial charge in [0, 0.05) is 0 Å². The second-order valence-corrected chi connectivity index (χ2v) is 3.87. The molecule has 0 rings (SSSR count). The summed E-state index contributed by atoms with van der Waals surface area (Å²) in [6.07, 6.45) is 14.0. The van der Waals surface area contributed by atoms with Crippen molar-refractivity contribution in [1.82, 2.24) is 0 Å². The molecule has 0 radical (unpaired) electrons. The molecule has 0 aliphatic heterocycles. The molecule has 1 atom stereocenters. The maximum atomic E-state index is 2.27. The molecule has 0 saturated carbocycles. The van der Waals surface area contributed by atoms with Crippen LogP contribution in [0.4, 0.5) is 0 Å². The lowest BCUT2D eigenvalue weighted by Crippen LogP contribution is -1.95. The molecule has 0 fully saturated rings. The van der Waals surface area contributed by atoms with Crippen molar-refractivity contribution >= 4 is 0 Å². The smallest absolute Gasteiger partial charge is 0.0193 e. The van der Waals surface area contributed by atoms with E-state index in [2.05, 4.69) is 58.1 Å². The third-order valence-electron chi connectivity index (χ3n) is 2.62. The summed E-state index contributed by atoms with van der Waals surface area (Å²) in [5.41, 5.74) is 2.74. The molecule has 0 aliphatic rings. The fraction of sp³-hybridized carbons (Fsp3) is 0.467. The molecule has 0 spiro atoms. The van der Waals surface area contributed by atoms with Crippen LogP contribution in [-0.2, 0) is 0 Å². The van der Waals surface area contributed by atoms with E-state index in [0.29, 0.717) is 5.92 Å². The molecule has 0 heteroatoms. The molecule has 15 heavy (non-hydrogen) atoms. The van der Waals surface area contributed by atoms with E-state index in [4.69, 9.17) is 0 Å². The molecule has 0 N–H and O–H groups in total. The third kappa shape index (κ3) is 6.11. The fourth-order valence-electron chi connectivity index (χ4n) is 1.21. The molecule has 0 heterocycles. The zero-order chi connectivity index (χ0) is 11.7. The average Bonchev–Trinajstić information content (AvgIpc) is 2.26. The van der Waals surface area contributed by atoms with Crippen molar-refractivity contribution in [3.05, 3.63) is 47.6 Å². The van der Waals surface area contributed by atoms with Crippen molar-refractivity contribution in [2.75, 3.05) is 0 Å². The Kier molecular flexibility index (Phi) is 7.71. The summed E-state index contributed by atoms with van der Waals surface area (Å²) in [4.78, 5) is 0. The first-order valence-electron chi connectivity index (χ1n) is 5.79. The van der Waals surface area contributed by atoms with Crippen molar-refractivity contribution in [3.8, 4) is 0 Å². The first-order chi connectivity index (χ1) is 7.15. The van der Waals surface area contributed by atoms with Gasteiger partial charge < -0.3 is 0 Å². The number of allylic oxidation sites excluding steroid dienone is 8. The van der Waals surface area contributed by atoms with E-state index in [1.807, 2.05) is 13.0 Å². The van der Waals surface area contributed by atoms with Crippen LogP contribution in [0.1, 0.15) is 41.0 Å². The van der Waals surface area contributed by atoms with E-state index >= 15 is 0 Å². The van der Waals surface area contributed by atoms with Gasteiger partial charge in [-0.05, 0) is 38.7 Å². The Balaban J connectivity index is 4.81. The summed E-state index contributed by atoms with van der Waals surface area (Å²) >= 11 is 0. The molecule has 0 saturated heterocycles. The Bertz CT molecular complexity index is 274. The van der Waals surface area contributed by atoms with Crippen LogP contribution >= 0.6 is 0 Å². The highest BCUT2D eigenvalue weighted by molar-refractivity contribution is 5.31. The van der Waals surface area contributed by atoms with E-state index in [1.165, 1.54) is 17.6 Å². The Labute approximate surface area is 95.1 Å². The molecule has 0 aromatic carbocycles. The summed E-state index contributed by atoms with van der Waals surface area (Å²) in [6.45, 7) is 10.8.